The molecule has 0 radical (unpaired) electrons. The van der Waals surface area contributed by atoms with E-state index in [2.05, 4.69) is 39.0 Å². The Morgan fingerprint density at radius 1 is 1.60 bits per heavy atom. The molecule has 0 bridgehead atoms. The number of hydrogen-bond donors (Lipinski definition) is 2. The summed E-state index contributed by atoms with van der Waals surface area (Å²) in [6.45, 7) is 4.22. The fourth-order valence-corrected chi connectivity index (χ4v) is 4.09. The highest BCUT2D eigenvalue weighted by Gasteiger charge is 2.31. The van der Waals surface area contributed by atoms with Gasteiger partial charge in [0, 0.05) is 25.9 Å². The Labute approximate surface area is 129 Å². The number of hydrogen-bond acceptors (Lipinski definition) is 4. The number of rotatable bonds is 5. The molecule has 0 aliphatic carbocycles. The van der Waals surface area contributed by atoms with Crippen LogP contribution in [0.25, 0.3) is 0 Å². The van der Waals surface area contributed by atoms with E-state index in [-0.39, 0.29) is 0 Å². The second-order valence-corrected chi connectivity index (χ2v) is 7.07. The molecule has 1 unspecified atom stereocenters. The van der Waals surface area contributed by atoms with E-state index in [0.29, 0.717) is 6.54 Å². The fraction of sp³-hybridized carbons (Fsp3) is 0.643. The molecule has 6 heteroatoms. The third-order valence-electron chi connectivity index (χ3n) is 3.30. The molecule has 2 heterocycles. The van der Waals surface area contributed by atoms with Gasteiger partial charge in [0.2, 0.25) is 0 Å². The van der Waals surface area contributed by atoms with Gasteiger partial charge in [-0.05, 0) is 41.5 Å². The molecule has 1 atom stereocenters. The maximum atomic E-state index is 10.4. The topological polar surface area (TPSA) is 47.9 Å². The predicted octanol–water partition coefficient (Wildman–Crippen LogP) is 2.01. The monoisotopic (exact) mass is 313 g/mol. The minimum Gasteiger partial charge on any atom is -0.387 e. The maximum absolute atomic E-state index is 10.4. The van der Waals surface area contributed by atoms with Gasteiger partial charge in [0.05, 0.1) is 12.1 Å². The molecule has 0 spiro atoms. The van der Waals surface area contributed by atoms with Crippen molar-refractivity contribution >= 4 is 29.1 Å². The Bertz CT molecular complexity index is 428. The van der Waals surface area contributed by atoms with Gasteiger partial charge in [0.1, 0.15) is 0 Å². The summed E-state index contributed by atoms with van der Waals surface area (Å²) < 4.78 is 0. The Morgan fingerprint density at radius 3 is 3.05 bits per heavy atom. The number of nitrogens with one attached hydrogen (secondary N) is 1. The number of guanidine groups is 1. The zero-order valence-electron chi connectivity index (χ0n) is 12.1. The van der Waals surface area contributed by atoms with E-state index in [9.17, 15) is 5.11 Å². The van der Waals surface area contributed by atoms with Crippen LogP contribution in [0.1, 0.15) is 18.9 Å². The van der Waals surface area contributed by atoms with Gasteiger partial charge in [-0.15, -0.1) is 0 Å². The summed E-state index contributed by atoms with van der Waals surface area (Å²) in [5, 5.41) is 17.9. The van der Waals surface area contributed by atoms with Crippen molar-refractivity contribution < 1.29 is 5.11 Å². The molecule has 0 saturated carbocycles. The van der Waals surface area contributed by atoms with Crippen LogP contribution in [0.4, 0.5) is 0 Å². The van der Waals surface area contributed by atoms with Crippen LogP contribution in [0, 0.1) is 0 Å². The van der Waals surface area contributed by atoms with Gasteiger partial charge >= 0.3 is 0 Å². The van der Waals surface area contributed by atoms with Crippen molar-refractivity contribution in [3.8, 4) is 0 Å². The van der Waals surface area contributed by atoms with Gasteiger partial charge in [0.25, 0.3) is 0 Å². The van der Waals surface area contributed by atoms with E-state index in [1.807, 2.05) is 7.05 Å². The van der Waals surface area contributed by atoms with E-state index < -0.39 is 5.60 Å². The summed E-state index contributed by atoms with van der Waals surface area (Å²) in [4.78, 5) is 6.73. The predicted molar refractivity (Wildman–Crippen MR) is 88.7 cm³/mol. The van der Waals surface area contributed by atoms with Crippen LogP contribution in [0.5, 0.6) is 0 Å². The first-order valence-electron chi connectivity index (χ1n) is 6.93. The average molecular weight is 313 g/mol. The first-order valence-corrected chi connectivity index (χ1v) is 9.03. The molecular weight excluding hydrogens is 290 g/mol. The minimum absolute atomic E-state index is 0.482. The van der Waals surface area contributed by atoms with Crippen molar-refractivity contribution in [3.63, 3.8) is 0 Å². The van der Waals surface area contributed by atoms with E-state index >= 15 is 0 Å². The van der Waals surface area contributed by atoms with Gasteiger partial charge in [-0.1, -0.05) is 0 Å². The molecule has 4 nitrogen and oxygen atoms in total. The van der Waals surface area contributed by atoms with Gasteiger partial charge in [0.15, 0.2) is 5.96 Å². The Balaban J connectivity index is 1.97. The lowest BCUT2D eigenvalue weighted by molar-refractivity contribution is 0.0776. The third-order valence-corrected chi connectivity index (χ3v) is 5.27. The van der Waals surface area contributed by atoms with E-state index in [1.165, 1.54) is 5.56 Å². The normalized spacial score (nSPS) is 23.1. The van der Waals surface area contributed by atoms with Gasteiger partial charge in [-0.2, -0.15) is 23.1 Å². The lowest BCUT2D eigenvalue weighted by Gasteiger charge is -2.24. The minimum atomic E-state index is -0.617. The molecular formula is C14H23N3OS2. The van der Waals surface area contributed by atoms with Crippen LogP contribution in [0.3, 0.4) is 0 Å². The molecule has 1 fully saturated rings. The molecule has 0 amide bonds. The van der Waals surface area contributed by atoms with Crippen LogP contribution in [0.2, 0.25) is 0 Å². The highest BCUT2D eigenvalue weighted by atomic mass is 32.2. The molecule has 0 aromatic carbocycles. The molecule has 2 rings (SSSR count). The van der Waals surface area contributed by atoms with Crippen LogP contribution in [0.15, 0.2) is 21.8 Å². The van der Waals surface area contributed by atoms with Gasteiger partial charge in [-0.3, -0.25) is 4.99 Å². The molecule has 1 saturated heterocycles. The SMILES string of the molecule is CCNC(=NCC1(O)CCSC1)N(C)Cc1ccsc1. The second-order valence-electron chi connectivity index (χ2n) is 5.18. The lowest BCUT2D eigenvalue weighted by Crippen LogP contribution is -2.40. The summed E-state index contributed by atoms with van der Waals surface area (Å²) in [6, 6.07) is 2.13. The zero-order valence-corrected chi connectivity index (χ0v) is 13.8. The lowest BCUT2D eigenvalue weighted by atomic mass is 10.1. The van der Waals surface area contributed by atoms with E-state index in [0.717, 1.165) is 37.0 Å². The highest BCUT2D eigenvalue weighted by molar-refractivity contribution is 7.99. The van der Waals surface area contributed by atoms with E-state index in [4.69, 9.17) is 0 Å². The third kappa shape index (κ3) is 4.40. The van der Waals surface area contributed by atoms with Gasteiger partial charge < -0.3 is 15.3 Å². The van der Waals surface area contributed by atoms with Crippen LogP contribution in [-0.2, 0) is 6.54 Å². The summed E-state index contributed by atoms with van der Waals surface area (Å²) in [7, 11) is 2.03. The van der Waals surface area contributed by atoms with Crippen molar-refractivity contribution in [2.24, 2.45) is 4.99 Å². The van der Waals surface area contributed by atoms with Crippen molar-refractivity contribution in [3.05, 3.63) is 22.4 Å². The number of nitrogens with zero attached hydrogens (tertiary/aromatic N) is 2. The molecule has 20 heavy (non-hydrogen) atoms. The summed E-state index contributed by atoms with van der Waals surface area (Å²) in [5.74, 6) is 2.70. The van der Waals surface area contributed by atoms with Gasteiger partial charge in [-0.25, -0.2) is 0 Å². The van der Waals surface area contributed by atoms with Crippen molar-refractivity contribution in [1.29, 1.82) is 0 Å². The smallest absolute Gasteiger partial charge is 0.194 e. The number of thioether (sulfide) groups is 1. The first-order chi connectivity index (χ1) is 9.63. The number of aliphatic hydroxyl groups is 1. The van der Waals surface area contributed by atoms with Crippen LogP contribution < -0.4 is 5.32 Å². The number of aliphatic imine (C=N–C) groups is 1. The molecule has 2 N–H and O–H groups in total. The van der Waals surface area contributed by atoms with E-state index in [1.54, 1.807) is 23.1 Å². The molecule has 1 aromatic rings. The number of thiophene rings is 1. The second kappa shape index (κ2) is 7.33. The van der Waals surface area contributed by atoms with Crippen LogP contribution in [-0.4, -0.2) is 53.2 Å². The maximum Gasteiger partial charge on any atom is 0.194 e. The zero-order chi connectivity index (χ0) is 14.4. The molecule has 1 aliphatic rings. The average Bonchev–Trinajstić information content (AvgIpc) is 3.06. The van der Waals surface area contributed by atoms with Crippen LogP contribution >= 0.6 is 23.1 Å². The fourth-order valence-electron chi connectivity index (χ4n) is 2.14. The highest BCUT2D eigenvalue weighted by Crippen LogP contribution is 2.27. The van der Waals surface area contributed by atoms with Crippen molar-refractivity contribution in [2.75, 3.05) is 31.6 Å². The first kappa shape index (κ1) is 15.7. The molecule has 1 aliphatic heterocycles. The summed E-state index contributed by atoms with van der Waals surface area (Å²) in [5.41, 5.74) is 0.674. The quantitative estimate of drug-likeness (QED) is 0.645. The van der Waals surface area contributed by atoms with Crippen molar-refractivity contribution in [1.82, 2.24) is 10.2 Å². The standard InChI is InChI=1S/C14H23N3OS2/c1-3-15-13(16-10-14(18)5-7-20-11-14)17(2)8-12-4-6-19-9-12/h4,6,9,18H,3,5,7-8,10-11H2,1-2H3,(H,15,16). The Hall–Kier alpha value is -0.720. The summed E-state index contributed by atoms with van der Waals surface area (Å²) in [6.07, 6.45) is 0.842. The largest absolute Gasteiger partial charge is 0.387 e. The Morgan fingerprint density at radius 2 is 2.45 bits per heavy atom. The molecule has 1 aromatic heterocycles. The Kier molecular flexibility index (Phi) is 5.74. The van der Waals surface area contributed by atoms with Crippen molar-refractivity contribution in [2.45, 2.75) is 25.5 Å². The summed E-state index contributed by atoms with van der Waals surface area (Å²) >= 11 is 3.52. The molecule has 112 valence electrons.